The number of methoxy groups -OCH3 is 1. The number of aromatic amines is 1. The van der Waals surface area contributed by atoms with Gasteiger partial charge >= 0.3 is 5.97 Å². The van der Waals surface area contributed by atoms with Crippen LogP contribution >= 0.6 is 23.8 Å². The van der Waals surface area contributed by atoms with Crippen molar-refractivity contribution < 1.29 is 22.7 Å². The van der Waals surface area contributed by atoms with Gasteiger partial charge in [-0.15, -0.1) is 4.40 Å². The summed E-state index contributed by atoms with van der Waals surface area (Å²) in [6, 6.07) is 8.58. The number of imidazole rings is 1. The zero-order valence-corrected chi connectivity index (χ0v) is 19.5. The number of carbonyl (C=O) groups excluding carboxylic acids is 2. The molecule has 0 atom stereocenters. The molecule has 13 heteroatoms. The number of aromatic nitrogens is 2. The Balaban J connectivity index is 2.00. The fourth-order valence-corrected chi connectivity index (χ4v) is 4.42. The van der Waals surface area contributed by atoms with Crippen LogP contribution in [0.3, 0.4) is 0 Å². The number of nitrogens with zero attached hydrogens (tertiary/aromatic N) is 3. The number of amides is 1. The molecule has 2 N–H and O–H groups in total. The molecular weight excluding hydrogens is 478 g/mol. The molecule has 0 spiro atoms. The Labute approximate surface area is 193 Å². The van der Waals surface area contributed by atoms with Gasteiger partial charge in [0, 0.05) is 19.7 Å². The van der Waals surface area contributed by atoms with Crippen molar-refractivity contribution in [2.45, 2.75) is 4.90 Å². The Hall–Kier alpha value is -3.22. The van der Waals surface area contributed by atoms with E-state index in [9.17, 15) is 18.0 Å². The van der Waals surface area contributed by atoms with E-state index in [1.807, 2.05) is 0 Å². The summed E-state index contributed by atoms with van der Waals surface area (Å²) < 4.78 is 34.7. The molecule has 3 rings (SSSR count). The molecule has 0 saturated heterocycles. The summed E-state index contributed by atoms with van der Waals surface area (Å²) in [4.78, 5) is 28.9. The largest absolute Gasteiger partial charge is 0.465 e. The Bertz CT molecular complexity index is 1410. The Morgan fingerprint density at radius 1 is 1.28 bits per heavy atom. The maximum atomic E-state index is 12.9. The Morgan fingerprint density at radius 3 is 2.66 bits per heavy atom. The van der Waals surface area contributed by atoms with E-state index in [0.29, 0.717) is 11.0 Å². The van der Waals surface area contributed by atoms with Crippen molar-refractivity contribution in [2.24, 2.45) is 4.40 Å². The molecule has 0 fully saturated rings. The van der Waals surface area contributed by atoms with E-state index in [1.54, 1.807) is 32.3 Å². The highest BCUT2D eigenvalue weighted by molar-refractivity contribution is 7.90. The molecule has 0 radical (unpaired) electrons. The average Bonchev–Trinajstić information content (AvgIpc) is 3.07. The van der Waals surface area contributed by atoms with Crippen LogP contribution in [0.1, 0.15) is 20.7 Å². The van der Waals surface area contributed by atoms with Gasteiger partial charge in [0.15, 0.2) is 4.77 Å². The quantitative estimate of drug-likeness (QED) is 0.233. The first-order valence-corrected chi connectivity index (χ1v) is 11.2. The number of carbonyl (C=O) groups is 2. The van der Waals surface area contributed by atoms with Crippen molar-refractivity contribution in [1.82, 2.24) is 14.6 Å². The summed E-state index contributed by atoms with van der Waals surface area (Å²) in [5, 5.41) is -0.0797. The third-order valence-electron chi connectivity index (χ3n) is 4.23. The third-order valence-corrected chi connectivity index (χ3v) is 6.22. The number of para-hydroxylation sites is 1. The number of esters is 1. The van der Waals surface area contributed by atoms with Gasteiger partial charge in [0.2, 0.25) is 0 Å². The summed E-state index contributed by atoms with van der Waals surface area (Å²) in [7, 11) is 0.343. The number of hydrogen-bond donors (Lipinski definition) is 2. The predicted molar refractivity (Wildman–Crippen MR) is 123 cm³/mol. The van der Waals surface area contributed by atoms with E-state index in [0.717, 1.165) is 12.4 Å². The molecule has 0 aliphatic rings. The zero-order valence-electron chi connectivity index (χ0n) is 17.1. The van der Waals surface area contributed by atoms with E-state index in [1.165, 1.54) is 28.8 Å². The second kappa shape index (κ2) is 9.10. The maximum Gasteiger partial charge on any atom is 0.340 e. The molecule has 1 amide bonds. The lowest BCUT2D eigenvalue weighted by Gasteiger charge is -2.10. The highest BCUT2D eigenvalue weighted by Gasteiger charge is 2.21. The first kappa shape index (κ1) is 23.4. The third kappa shape index (κ3) is 4.66. The number of fused-ring (bicyclic) bond motifs is 1. The van der Waals surface area contributed by atoms with Crippen LogP contribution in [0.4, 0.5) is 0 Å². The molecule has 10 nitrogen and oxygen atoms in total. The number of hydrogen-bond acceptors (Lipinski definition) is 6. The summed E-state index contributed by atoms with van der Waals surface area (Å²) in [5.74, 6) is -1.23. The highest BCUT2D eigenvalue weighted by Crippen LogP contribution is 2.25. The number of halogens is 1. The smallest absolute Gasteiger partial charge is 0.340 e. The van der Waals surface area contributed by atoms with Crippen LogP contribution in [0.25, 0.3) is 11.0 Å². The number of sulfonamides is 1. The summed E-state index contributed by atoms with van der Waals surface area (Å²) >= 11 is 11.3. The van der Waals surface area contributed by atoms with Crippen LogP contribution in [-0.4, -0.2) is 62.4 Å². The second-order valence-electron chi connectivity index (χ2n) is 6.70. The SMILES string of the molecule is COC(=O)c1cccc2c1[nH]c(=S)n2NC(=O)c1ccc(Cl)c(S(=O)(=O)N=CN(C)C)c1. The maximum absolute atomic E-state index is 12.9. The standard InChI is InChI=1S/C19H18ClN5O5S2/c1-24(2)10-21-32(28,29)15-9-11(7-8-13(15)20)17(26)23-25-14-6-4-5-12(18(27)30-3)16(14)22-19(25)31/h4-10H,1-3H3,(H,22,31)(H,23,26). The lowest BCUT2D eigenvalue weighted by Crippen LogP contribution is -2.23. The van der Waals surface area contributed by atoms with Crippen LogP contribution in [0.5, 0.6) is 0 Å². The van der Waals surface area contributed by atoms with Crippen LogP contribution in [0, 0.1) is 4.77 Å². The molecule has 0 unspecified atom stereocenters. The van der Waals surface area contributed by atoms with Gasteiger partial charge < -0.3 is 14.6 Å². The van der Waals surface area contributed by atoms with E-state index < -0.39 is 21.9 Å². The number of nitrogens with one attached hydrogen (secondary N) is 2. The molecular formula is C19H18ClN5O5S2. The first-order valence-electron chi connectivity index (χ1n) is 8.95. The molecule has 2 aromatic carbocycles. The minimum Gasteiger partial charge on any atom is -0.465 e. The van der Waals surface area contributed by atoms with Crippen LogP contribution in [0.2, 0.25) is 5.02 Å². The molecule has 0 bridgehead atoms. The topological polar surface area (TPSA) is 126 Å². The number of benzene rings is 2. The predicted octanol–water partition coefficient (Wildman–Crippen LogP) is 2.80. The minimum absolute atomic E-state index is 0.00778. The molecule has 1 aromatic heterocycles. The minimum atomic E-state index is -4.13. The number of ether oxygens (including phenoxy) is 1. The molecule has 168 valence electrons. The second-order valence-corrected chi connectivity index (χ2v) is 9.10. The highest BCUT2D eigenvalue weighted by atomic mass is 35.5. The molecule has 0 aliphatic heterocycles. The lowest BCUT2D eigenvalue weighted by atomic mass is 10.2. The van der Waals surface area contributed by atoms with Crippen LogP contribution in [0.15, 0.2) is 45.7 Å². The van der Waals surface area contributed by atoms with Crippen molar-refractivity contribution in [2.75, 3.05) is 26.6 Å². The van der Waals surface area contributed by atoms with Crippen molar-refractivity contribution in [3.63, 3.8) is 0 Å². The van der Waals surface area contributed by atoms with Crippen molar-refractivity contribution in [1.29, 1.82) is 0 Å². The van der Waals surface area contributed by atoms with E-state index in [-0.39, 0.29) is 25.8 Å². The average molecular weight is 496 g/mol. The van der Waals surface area contributed by atoms with Gasteiger partial charge in [0.1, 0.15) is 11.2 Å². The monoisotopic (exact) mass is 495 g/mol. The Kier molecular flexibility index (Phi) is 6.67. The van der Waals surface area contributed by atoms with E-state index in [4.69, 9.17) is 28.6 Å². The normalized spacial score (nSPS) is 11.6. The van der Waals surface area contributed by atoms with Gasteiger partial charge in [0.05, 0.1) is 28.7 Å². The van der Waals surface area contributed by atoms with Crippen molar-refractivity contribution in [3.8, 4) is 0 Å². The van der Waals surface area contributed by atoms with E-state index >= 15 is 0 Å². The Morgan fingerprint density at radius 2 is 2.00 bits per heavy atom. The van der Waals surface area contributed by atoms with Gasteiger partial charge in [-0.25, -0.2) is 9.47 Å². The molecule has 0 aliphatic carbocycles. The molecule has 3 aromatic rings. The summed E-state index contributed by atoms with van der Waals surface area (Å²) in [6.45, 7) is 0. The van der Waals surface area contributed by atoms with Crippen LogP contribution in [-0.2, 0) is 14.8 Å². The molecule has 0 saturated carbocycles. The molecule has 32 heavy (non-hydrogen) atoms. The summed E-state index contributed by atoms with van der Waals surface area (Å²) in [5.41, 5.74) is 3.63. The number of H-pyrrole nitrogens is 1. The van der Waals surface area contributed by atoms with Crippen LogP contribution < -0.4 is 5.43 Å². The van der Waals surface area contributed by atoms with Gasteiger partial charge in [-0.2, -0.15) is 8.42 Å². The lowest BCUT2D eigenvalue weighted by molar-refractivity contribution is 0.0602. The first-order chi connectivity index (χ1) is 15.0. The van der Waals surface area contributed by atoms with Gasteiger partial charge in [-0.3, -0.25) is 10.2 Å². The number of rotatable bonds is 6. The fourth-order valence-electron chi connectivity index (χ4n) is 2.74. The van der Waals surface area contributed by atoms with Gasteiger partial charge in [-0.1, -0.05) is 17.7 Å². The molecule has 1 heterocycles. The summed E-state index contributed by atoms with van der Waals surface area (Å²) in [6.07, 6.45) is 1.11. The van der Waals surface area contributed by atoms with E-state index in [2.05, 4.69) is 14.8 Å². The van der Waals surface area contributed by atoms with Gasteiger partial charge in [0.25, 0.3) is 15.9 Å². The van der Waals surface area contributed by atoms with Crippen molar-refractivity contribution >= 4 is 63.1 Å². The van der Waals surface area contributed by atoms with Crippen molar-refractivity contribution in [3.05, 3.63) is 57.3 Å². The fraction of sp³-hybridized carbons (Fsp3) is 0.158. The zero-order chi connectivity index (χ0) is 23.6. The van der Waals surface area contributed by atoms with Gasteiger partial charge in [-0.05, 0) is 42.5 Å².